The first kappa shape index (κ1) is 25.6. The van der Waals surface area contributed by atoms with Crippen molar-refractivity contribution in [1.82, 2.24) is 40.1 Å². The maximum Gasteiger partial charge on any atom is 0.408 e. The molecule has 5 rings (SSSR count). The molecule has 3 aromatic heterocycles. The Hall–Kier alpha value is -4.05. The van der Waals surface area contributed by atoms with Crippen molar-refractivity contribution in [2.75, 3.05) is 13.6 Å². The van der Waals surface area contributed by atoms with Gasteiger partial charge in [0.25, 0.3) is 0 Å². The van der Waals surface area contributed by atoms with Crippen LogP contribution in [0.15, 0.2) is 49.1 Å². The third-order valence-corrected chi connectivity index (χ3v) is 6.59. The zero-order valence-corrected chi connectivity index (χ0v) is 22.4. The molecular formula is C28H34N8O2. The van der Waals surface area contributed by atoms with Crippen molar-refractivity contribution in [3.8, 4) is 33.9 Å². The van der Waals surface area contributed by atoms with Crippen LogP contribution >= 0.6 is 0 Å². The molecule has 10 nitrogen and oxygen atoms in total. The zero-order valence-electron chi connectivity index (χ0n) is 22.4. The maximum atomic E-state index is 12.1. The summed E-state index contributed by atoms with van der Waals surface area (Å²) in [4.78, 5) is 39.3. The van der Waals surface area contributed by atoms with Crippen LogP contribution in [0.4, 0.5) is 4.79 Å². The second kappa shape index (κ2) is 10.4. The molecule has 38 heavy (non-hydrogen) atoms. The van der Waals surface area contributed by atoms with E-state index in [0.29, 0.717) is 17.6 Å². The fourth-order valence-corrected chi connectivity index (χ4v) is 4.58. The van der Waals surface area contributed by atoms with Gasteiger partial charge in [0.15, 0.2) is 0 Å². The Balaban J connectivity index is 1.23. The van der Waals surface area contributed by atoms with E-state index in [9.17, 15) is 4.79 Å². The highest BCUT2D eigenvalue weighted by Gasteiger charge is 2.25. The van der Waals surface area contributed by atoms with Gasteiger partial charge in [0.1, 0.15) is 22.9 Å². The summed E-state index contributed by atoms with van der Waals surface area (Å²) in [5.41, 5.74) is 4.66. The van der Waals surface area contributed by atoms with Crippen LogP contribution in [-0.4, -0.2) is 60.1 Å². The van der Waals surface area contributed by atoms with Gasteiger partial charge in [-0.25, -0.2) is 14.8 Å². The van der Waals surface area contributed by atoms with Crippen LogP contribution in [0.5, 0.6) is 0 Å². The standard InChI is InChI=1S/C28H34N8O2/c1-17(33-27(37)38-28(2,3)4)25-31-16-23(35-25)22-15-29-20(13-30-22)18-8-10-19(11-9-18)21-14-32-26(34-21)24-7-6-12-36(24)5/h8-11,13-17,24H,6-7,12H2,1-5H3,(H,31,35)(H,32,34)(H,33,37)/t17-,24-/m0/s1. The molecule has 1 aliphatic heterocycles. The lowest BCUT2D eigenvalue weighted by atomic mass is 10.1. The topological polar surface area (TPSA) is 125 Å². The number of ether oxygens (including phenoxy) is 1. The van der Waals surface area contributed by atoms with Gasteiger partial charge >= 0.3 is 6.09 Å². The number of imidazole rings is 2. The average Bonchev–Trinajstić information content (AvgIpc) is 3.64. The van der Waals surface area contributed by atoms with E-state index in [2.05, 4.69) is 59.3 Å². The van der Waals surface area contributed by atoms with E-state index in [4.69, 9.17) is 4.74 Å². The minimum absolute atomic E-state index is 0.352. The number of aromatic nitrogens is 6. The van der Waals surface area contributed by atoms with Crippen LogP contribution in [0.25, 0.3) is 33.9 Å². The Morgan fingerprint density at radius 1 is 0.974 bits per heavy atom. The average molecular weight is 515 g/mol. The highest BCUT2D eigenvalue weighted by Crippen LogP contribution is 2.30. The van der Waals surface area contributed by atoms with E-state index in [0.717, 1.165) is 47.0 Å². The molecule has 0 radical (unpaired) electrons. The molecule has 1 saturated heterocycles. The monoisotopic (exact) mass is 514 g/mol. The molecule has 0 spiro atoms. The number of alkyl carbamates (subject to hydrolysis) is 1. The van der Waals surface area contributed by atoms with Crippen LogP contribution < -0.4 is 5.32 Å². The predicted molar refractivity (Wildman–Crippen MR) is 145 cm³/mol. The van der Waals surface area contributed by atoms with Crippen molar-refractivity contribution in [2.45, 2.75) is 58.2 Å². The number of nitrogens with zero attached hydrogens (tertiary/aromatic N) is 5. The number of hydrogen-bond donors (Lipinski definition) is 3. The highest BCUT2D eigenvalue weighted by atomic mass is 16.6. The van der Waals surface area contributed by atoms with E-state index in [1.807, 2.05) is 46.0 Å². The summed E-state index contributed by atoms with van der Waals surface area (Å²) in [6.45, 7) is 8.42. The van der Waals surface area contributed by atoms with E-state index in [1.54, 1.807) is 18.6 Å². The Labute approximate surface area is 222 Å². The number of likely N-dealkylation sites (tertiary alicyclic amines) is 1. The van der Waals surface area contributed by atoms with Gasteiger partial charge in [-0.15, -0.1) is 0 Å². The lowest BCUT2D eigenvalue weighted by Crippen LogP contribution is -2.34. The summed E-state index contributed by atoms with van der Waals surface area (Å²) < 4.78 is 5.31. The smallest absolute Gasteiger partial charge is 0.408 e. The van der Waals surface area contributed by atoms with E-state index in [-0.39, 0.29) is 6.04 Å². The number of hydrogen-bond acceptors (Lipinski definition) is 7. The number of amides is 1. The number of benzene rings is 1. The van der Waals surface area contributed by atoms with Gasteiger partial charge < -0.3 is 20.0 Å². The summed E-state index contributed by atoms with van der Waals surface area (Å²) in [6, 6.07) is 8.24. The van der Waals surface area contributed by atoms with Crippen molar-refractivity contribution < 1.29 is 9.53 Å². The third kappa shape index (κ3) is 5.75. The molecule has 1 aromatic carbocycles. The van der Waals surface area contributed by atoms with Gasteiger partial charge in [0, 0.05) is 5.56 Å². The van der Waals surface area contributed by atoms with Crippen LogP contribution in [0.1, 0.15) is 64.3 Å². The number of aromatic amines is 2. The zero-order chi connectivity index (χ0) is 26.9. The minimum atomic E-state index is -0.565. The first-order chi connectivity index (χ1) is 18.2. The second-order valence-electron chi connectivity index (χ2n) is 10.7. The molecule has 2 atom stereocenters. The molecule has 1 fully saturated rings. The van der Waals surface area contributed by atoms with E-state index < -0.39 is 11.7 Å². The molecule has 10 heteroatoms. The number of carbonyl (C=O) groups is 1. The molecule has 0 saturated carbocycles. The summed E-state index contributed by atoms with van der Waals surface area (Å²) >= 11 is 0. The Kier molecular flexibility index (Phi) is 6.98. The van der Waals surface area contributed by atoms with E-state index >= 15 is 0 Å². The van der Waals surface area contributed by atoms with Gasteiger partial charge in [0.05, 0.1) is 54.0 Å². The molecule has 0 unspecified atom stereocenters. The van der Waals surface area contributed by atoms with Crippen LogP contribution in [0.3, 0.4) is 0 Å². The van der Waals surface area contributed by atoms with Gasteiger partial charge in [-0.3, -0.25) is 14.9 Å². The number of carbonyl (C=O) groups excluding carboxylic acids is 1. The van der Waals surface area contributed by atoms with Crippen molar-refractivity contribution in [3.05, 3.63) is 60.7 Å². The molecule has 0 bridgehead atoms. The molecule has 0 aliphatic carbocycles. The molecular weight excluding hydrogens is 480 g/mol. The number of nitrogens with one attached hydrogen (secondary N) is 3. The predicted octanol–water partition coefficient (Wildman–Crippen LogP) is 5.28. The number of rotatable bonds is 6. The fourth-order valence-electron chi connectivity index (χ4n) is 4.58. The lowest BCUT2D eigenvalue weighted by Gasteiger charge is -2.21. The first-order valence-electron chi connectivity index (χ1n) is 12.9. The minimum Gasteiger partial charge on any atom is -0.444 e. The maximum absolute atomic E-state index is 12.1. The molecule has 4 aromatic rings. The second-order valence-corrected chi connectivity index (χ2v) is 10.7. The normalized spacial score (nSPS) is 16.9. The van der Waals surface area contributed by atoms with Crippen molar-refractivity contribution >= 4 is 6.09 Å². The van der Waals surface area contributed by atoms with Crippen LogP contribution in [0, 0.1) is 0 Å². The molecule has 3 N–H and O–H groups in total. The molecule has 1 aliphatic rings. The van der Waals surface area contributed by atoms with Crippen molar-refractivity contribution in [3.63, 3.8) is 0 Å². The summed E-state index contributed by atoms with van der Waals surface area (Å²) in [6.07, 6.45) is 8.91. The quantitative estimate of drug-likeness (QED) is 0.320. The van der Waals surface area contributed by atoms with Gasteiger partial charge in [-0.05, 0) is 59.7 Å². The summed E-state index contributed by atoms with van der Waals surface area (Å²) in [5, 5.41) is 2.78. The molecule has 1 amide bonds. The fraction of sp³-hybridized carbons (Fsp3) is 0.393. The summed E-state index contributed by atoms with van der Waals surface area (Å²) in [5.74, 6) is 1.64. The lowest BCUT2D eigenvalue weighted by molar-refractivity contribution is 0.0506. The van der Waals surface area contributed by atoms with Gasteiger partial charge in [-0.1, -0.05) is 24.3 Å². The molecule has 4 heterocycles. The highest BCUT2D eigenvalue weighted by molar-refractivity contribution is 5.68. The third-order valence-electron chi connectivity index (χ3n) is 6.59. The van der Waals surface area contributed by atoms with Gasteiger partial charge in [0.2, 0.25) is 0 Å². The van der Waals surface area contributed by atoms with Crippen LogP contribution in [-0.2, 0) is 4.74 Å². The van der Waals surface area contributed by atoms with Crippen molar-refractivity contribution in [1.29, 1.82) is 0 Å². The Morgan fingerprint density at radius 3 is 2.32 bits per heavy atom. The summed E-state index contributed by atoms with van der Waals surface area (Å²) in [7, 11) is 2.15. The Bertz CT molecular complexity index is 1390. The SMILES string of the molecule is C[C@H](NC(=O)OC(C)(C)C)c1ncc(-c2cnc(-c3ccc(-c4cnc([C@@H]5CCCN5C)[nH]4)cc3)cn2)[nH]1. The largest absolute Gasteiger partial charge is 0.444 e. The van der Waals surface area contributed by atoms with Crippen molar-refractivity contribution in [2.24, 2.45) is 0 Å². The molecule has 198 valence electrons. The van der Waals surface area contributed by atoms with E-state index in [1.165, 1.54) is 6.42 Å². The number of H-pyrrole nitrogens is 2. The van der Waals surface area contributed by atoms with Crippen LogP contribution in [0.2, 0.25) is 0 Å². The Morgan fingerprint density at radius 2 is 1.66 bits per heavy atom. The van der Waals surface area contributed by atoms with Gasteiger partial charge in [-0.2, -0.15) is 0 Å². The first-order valence-corrected chi connectivity index (χ1v) is 12.9.